The summed E-state index contributed by atoms with van der Waals surface area (Å²) in [6, 6.07) is 23.1. The van der Waals surface area contributed by atoms with E-state index in [1.54, 1.807) is 6.07 Å². The van der Waals surface area contributed by atoms with Crippen LogP contribution in [-0.4, -0.2) is 0 Å². The molecule has 2 aromatic heterocycles. The van der Waals surface area contributed by atoms with Gasteiger partial charge in [-0.05, 0) is 85.6 Å². The molecule has 38 heavy (non-hydrogen) atoms. The fourth-order valence-electron chi connectivity index (χ4n) is 6.60. The molecule has 0 atom stereocenters. The Morgan fingerprint density at radius 1 is 0.868 bits per heavy atom. The molecule has 3 heteroatoms. The molecule has 3 aromatic carbocycles. The minimum Gasteiger partial charge on any atom is -0.455 e. The molecule has 0 spiro atoms. The van der Waals surface area contributed by atoms with Gasteiger partial charge in [-0.15, -0.1) is 0 Å². The molecule has 0 saturated heterocycles. The first-order valence-corrected chi connectivity index (χ1v) is 14.1. The first kappa shape index (κ1) is 24.9. The Hall–Kier alpha value is -3.46. The van der Waals surface area contributed by atoms with Crippen LogP contribution in [0.1, 0.15) is 73.6 Å². The lowest BCUT2D eigenvalue weighted by Crippen LogP contribution is -2.31. The van der Waals surface area contributed by atoms with Gasteiger partial charge in [0, 0.05) is 28.5 Å². The van der Waals surface area contributed by atoms with Gasteiger partial charge in [-0.1, -0.05) is 56.3 Å². The summed E-state index contributed by atoms with van der Waals surface area (Å²) in [6.45, 7) is 6.64. The second-order valence-electron chi connectivity index (χ2n) is 11.7. The van der Waals surface area contributed by atoms with E-state index in [1.807, 2.05) is 6.07 Å². The van der Waals surface area contributed by atoms with Crippen molar-refractivity contribution in [3.8, 4) is 11.3 Å². The van der Waals surface area contributed by atoms with Crippen molar-refractivity contribution in [1.29, 1.82) is 0 Å². The van der Waals surface area contributed by atoms with E-state index < -0.39 is 0 Å². The highest BCUT2D eigenvalue weighted by Crippen LogP contribution is 2.46. The van der Waals surface area contributed by atoms with Crippen LogP contribution in [0.5, 0.6) is 0 Å². The van der Waals surface area contributed by atoms with Crippen molar-refractivity contribution in [2.24, 2.45) is 13.0 Å². The Kier molecular flexibility index (Phi) is 6.55. The van der Waals surface area contributed by atoms with Crippen LogP contribution in [0.3, 0.4) is 0 Å². The topological polar surface area (TPSA) is 17.0 Å². The van der Waals surface area contributed by atoms with Gasteiger partial charge in [0.05, 0.1) is 5.56 Å². The summed E-state index contributed by atoms with van der Waals surface area (Å²) in [4.78, 5) is 0. The number of furan rings is 1. The molecule has 1 fully saturated rings. The second-order valence-corrected chi connectivity index (χ2v) is 11.7. The molecule has 1 aliphatic carbocycles. The van der Waals surface area contributed by atoms with E-state index in [2.05, 4.69) is 93.2 Å². The predicted octanol–water partition coefficient (Wildman–Crippen LogP) is 9.16. The van der Waals surface area contributed by atoms with Gasteiger partial charge >= 0.3 is 0 Å². The average Bonchev–Trinajstić information content (AvgIpc) is 3.28. The van der Waals surface area contributed by atoms with Crippen LogP contribution in [0.2, 0.25) is 0 Å². The second kappa shape index (κ2) is 10.0. The molecule has 0 radical (unpaired) electrons. The van der Waals surface area contributed by atoms with Gasteiger partial charge in [0.25, 0.3) is 0 Å². The maximum absolute atomic E-state index is 15.5. The van der Waals surface area contributed by atoms with Gasteiger partial charge in [-0.25, -0.2) is 8.96 Å². The molecule has 0 bridgehead atoms. The molecule has 194 valence electrons. The van der Waals surface area contributed by atoms with E-state index in [0.29, 0.717) is 11.8 Å². The molecule has 2 nitrogen and oxygen atoms in total. The Labute approximate surface area is 225 Å². The lowest BCUT2D eigenvalue weighted by atomic mass is 9.76. The summed E-state index contributed by atoms with van der Waals surface area (Å²) in [5.74, 6) is 1.18. The van der Waals surface area contributed by atoms with Gasteiger partial charge in [0.15, 0.2) is 6.20 Å². The number of aryl methyl sites for hydroxylation is 2. The molecular weight excluding hydrogens is 469 g/mol. The van der Waals surface area contributed by atoms with Gasteiger partial charge in [-0.2, -0.15) is 0 Å². The zero-order chi connectivity index (χ0) is 26.4. The third-order valence-corrected chi connectivity index (χ3v) is 8.52. The minimum atomic E-state index is -0.137. The van der Waals surface area contributed by atoms with Crippen LogP contribution in [0.4, 0.5) is 4.39 Å². The van der Waals surface area contributed by atoms with Gasteiger partial charge in [0.2, 0.25) is 5.69 Å². The lowest BCUT2D eigenvalue weighted by molar-refractivity contribution is -0.660. The summed E-state index contributed by atoms with van der Waals surface area (Å²) in [6.07, 6.45) is 7.28. The highest BCUT2D eigenvalue weighted by Gasteiger charge is 2.29. The summed E-state index contributed by atoms with van der Waals surface area (Å²) in [7, 11) is 2.09. The number of halogens is 1. The number of aromatic nitrogens is 1. The fourth-order valence-corrected chi connectivity index (χ4v) is 6.60. The zero-order valence-electron chi connectivity index (χ0n) is 22.9. The third-order valence-electron chi connectivity index (χ3n) is 8.52. The molecule has 1 saturated carbocycles. The average molecular weight is 507 g/mol. The molecule has 0 aliphatic heterocycles. The van der Waals surface area contributed by atoms with Crippen LogP contribution in [-0.2, 0) is 13.5 Å². The molecule has 1 aliphatic rings. The van der Waals surface area contributed by atoms with E-state index in [9.17, 15) is 0 Å². The molecule has 0 amide bonds. The number of nitrogens with zero attached hydrogens (tertiary/aromatic N) is 1. The van der Waals surface area contributed by atoms with E-state index in [1.165, 1.54) is 16.7 Å². The van der Waals surface area contributed by atoms with Crippen LogP contribution in [0.25, 0.3) is 33.2 Å². The standard InChI is InChI=1S/C35H37FNO/c1-22(2)20-24-18-19-37(4)31(21-24)32-23(3)10-15-28-29-16-17-30(36)33(35(29)38-34(28)32)27-13-11-26(12-14-27)25-8-6-5-7-9-25/h5-10,15-19,21-22,26-27H,11-14,20H2,1-4H3/q+1. The third kappa shape index (κ3) is 4.42. The summed E-state index contributed by atoms with van der Waals surface area (Å²) in [5.41, 5.74) is 8.49. The minimum absolute atomic E-state index is 0.137. The van der Waals surface area contributed by atoms with Crippen LogP contribution >= 0.6 is 0 Å². The van der Waals surface area contributed by atoms with Gasteiger partial charge in [-0.3, -0.25) is 0 Å². The summed E-state index contributed by atoms with van der Waals surface area (Å²) >= 11 is 0. The molecule has 0 N–H and O–H groups in total. The number of fused-ring (bicyclic) bond motifs is 3. The Morgan fingerprint density at radius 2 is 1.55 bits per heavy atom. The highest BCUT2D eigenvalue weighted by molar-refractivity contribution is 6.10. The first-order valence-electron chi connectivity index (χ1n) is 14.1. The Bertz CT molecular complexity index is 1610. The molecule has 5 aromatic rings. The van der Waals surface area contributed by atoms with Crippen molar-refractivity contribution in [1.82, 2.24) is 0 Å². The van der Waals surface area contributed by atoms with Crippen molar-refractivity contribution in [3.63, 3.8) is 0 Å². The van der Waals surface area contributed by atoms with Crippen molar-refractivity contribution in [2.75, 3.05) is 0 Å². The normalized spacial score (nSPS) is 18.1. The molecule has 0 unspecified atom stereocenters. The highest BCUT2D eigenvalue weighted by atomic mass is 19.1. The zero-order valence-corrected chi connectivity index (χ0v) is 22.9. The maximum Gasteiger partial charge on any atom is 0.216 e. The van der Waals surface area contributed by atoms with E-state index in [-0.39, 0.29) is 11.7 Å². The number of hydrogen-bond acceptors (Lipinski definition) is 1. The van der Waals surface area contributed by atoms with Crippen LogP contribution in [0, 0.1) is 18.7 Å². The number of rotatable bonds is 5. The molecular formula is C35H37FNO+. The monoisotopic (exact) mass is 506 g/mol. The largest absolute Gasteiger partial charge is 0.455 e. The molecule has 2 heterocycles. The summed E-state index contributed by atoms with van der Waals surface area (Å²) < 4.78 is 24.4. The predicted molar refractivity (Wildman–Crippen MR) is 154 cm³/mol. The van der Waals surface area contributed by atoms with E-state index in [4.69, 9.17) is 4.42 Å². The summed E-state index contributed by atoms with van der Waals surface area (Å²) in [5, 5.41) is 2.08. The van der Waals surface area contributed by atoms with Gasteiger partial charge in [0.1, 0.15) is 24.0 Å². The lowest BCUT2D eigenvalue weighted by Gasteiger charge is -2.29. The quantitative estimate of drug-likeness (QED) is 0.217. The van der Waals surface area contributed by atoms with E-state index in [0.717, 1.165) is 70.9 Å². The smallest absolute Gasteiger partial charge is 0.216 e. The van der Waals surface area contributed by atoms with Crippen LogP contribution < -0.4 is 4.57 Å². The van der Waals surface area contributed by atoms with Crippen molar-refractivity contribution < 1.29 is 13.4 Å². The number of pyridine rings is 1. The first-order chi connectivity index (χ1) is 18.4. The number of benzene rings is 3. The number of hydrogen-bond donors (Lipinski definition) is 0. The molecule has 6 rings (SSSR count). The Morgan fingerprint density at radius 3 is 2.29 bits per heavy atom. The van der Waals surface area contributed by atoms with Crippen molar-refractivity contribution >= 4 is 21.9 Å². The Balaban J connectivity index is 1.45. The van der Waals surface area contributed by atoms with Crippen LogP contribution in [0.15, 0.2) is 77.3 Å². The maximum atomic E-state index is 15.5. The SMILES string of the molecule is Cc1ccc2c(oc3c(C4CCC(c5ccccc5)CC4)c(F)ccc32)c1-c1cc(CC(C)C)cc[n+]1C. The van der Waals surface area contributed by atoms with Crippen molar-refractivity contribution in [3.05, 3.63) is 101 Å². The fraction of sp³-hybridized carbons (Fsp3) is 0.343. The van der Waals surface area contributed by atoms with E-state index >= 15 is 4.39 Å². The van der Waals surface area contributed by atoms with Gasteiger partial charge < -0.3 is 4.42 Å². The van der Waals surface area contributed by atoms with Crippen molar-refractivity contribution in [2.45, 2.75) is 64.7 Å².